The number of fused-ring (bicyclic) bond motifs is 5. The van der Waals surface area contributed by atoms with Gasteiger partial charge in [0.2, 0.25) is 0 Å². The normalized spacial score (nSPS) is 33.8. The van der Waals surface area contributed by atoms with Crippen molar-refractivity contribution in [1.82, 2.24) is 10.6 Å². The molecular weight excluding hydrogens is 709 g/mol. The number of rotatable bonds is 11. The van der Waals surface area contributed by atoms with Gasteiger partial charge in [-0.25, -0.2) is 4.79 Å². The fourth-order valence-electron chi connectivity index (χ4n) is 12.0. The van der Waals surface area contributed by atoms with E-state index in [4.69, 9.17) is 18.9 Å². The third-order valence-corrected chi connectivity index (χ3v) is 14.9. The van der Waals surface area contributed by atoms with Crippen molar-refractivity contribution in [2.75, 3.05) is 32.6 Å². The van der Waals surface area contributed by atoms with Crippen LogP contribution < -0.4 is 25.7 Å². The highest BCUT2D eigenvalue weighted by Gasteiger charge is 2.68. The van der Waals surface area contributed by atoms with Crippen molar-refractivity contribution in [3.05, 3.63) is 60.2 Å². The lowest BCUT2D eigenvalue weighted by molar-refractivity contribution is -0.467. The monoisotopic (exact) mass is 771 g/mol. The molecule has 304 valence electrons. The average molecular weight is 772 g/mol. The van der Waals surface area contributed by atoms with Gasteiger partial charge in [-0.2, -0.15) is 0 Å². The summed E-state index contributed by atoms with van der Waals surface area (Å²) in [5.74, 6) is 2.57. The molecule has 0 unspecified atom stereocenters. The van der Waals surface area contributed by atoms with Crippen molar-refractivity contribution < 1.29 is 38.3 Å². The number of ether oxygens (including phenoxy) is 4. The molecule has 11 heteroatoms. The van der Waals surface area contributed by atoms with E-state index in [-0.39, 0.29) is 71.0 Å². The number of para-hydroxylation sites is 1. The van der Waals surface area contributed by atoms with Crippen molar-refractivity contribution in [2.45, 2.75) is 110 Å². The molecule has 2 aromatic carbocycles. The van der Waals surface area contributed by atoms with Crippen LogP contribution in [0, 0.1) is 46.3 Å². The van der Waals surface area contributed by atoms with Crippen LogP contribution in [0.5, 0.6) is 5.75 Å². The second-order valence-corrected chi connectivity index (χ2v) is 17.7. The molecule has 1 amide bonds. The highest BCUT2D eigenvalue weighted by atomic mass is 16.6. The molecule has 1 aliphatic heterocycles. The molecule has 0 saturated heterocycles. The molecule has 5 aliphatic rings. The molecule has 11 nitrogen and oxygen atoms in total. The fourth-order valence-corrected chi connectivity index (χ4v) is 12.0. The summed E-state index contributed by atoms with van der Waals surface area (Å²) in [7, 11) is 3.08. The summed E-state index contributed by atoms with van der Waals surface area (Å²) in [5, 5.41) is 10.3. The molecule has 4 fully saturated rings. The summed E-state index contributed by atoms with van der Waals surface area (Å²) in [6.45, 7) is 8.96. The minimum absolute atomic E-state index is 0.0206. The van der Waals surface area contributed by atoms with E-state index in [2.05, 4.69) is 41.7 Å². The van der Waals surface area contributed by atoms with Crippen LogP contribution in [-0.2, 0) is 30.2 Å². The van der Waals surface area contributed by atoms with E-state index in [9.17, 15) is 14.4 Å². The summed E-state index contributed by atoms with van der Waals surface area (Å²) in [5.41, 5.74) is 1.18. The van der Waals surface area contributed by atoms with Crippen LogP contribution in [0.25, 0.3) is 0 Å². The maximum absolute atomic E-state index is 14.0. The molecule has 0 spiro atoms. The highest BCUT2D eigenvalue weighted by Crippen LogP contribution is 2.69. The molecule has 4 saturated carbocycles. The highest BCUT2D eigenvalue weighted by molar-refractivity contribution is 5.84. The first-order valence-corrected chi connectivity index (χ1v) is 21.0. The van der Waals surface area contributed by atoms with E-state index in [1.165, 1.54) is 7.11 Å². The molecule has 56 heavy (non-hydrogen) atoms. The molecule has 4 N–H and O–H groups in total. The Morgan fingerprint density at radius 3 is 2.43 bits per heavy atom. The van der Waals surface area contributed by atoms with Crippen LogP contribution in [0.1, 0.15) is 90.5 Å². The fraction of sp³-hybridized carbons (Fsp3) is 0.644. The van der Waals surface area contributed by atoms with Crippen LogP contribution >= 0.6 is 0 Å². The van der Waals surface area contributed by atoms with Crippen molar-refractivity contribution in [3.8, 4) is 5.75 Å². The summed E-state index contributed by atoms with van der Waals surface area (Å²) < 4.78 is 23.8. The second kappa shape index (κ2) is 17.1. The maximum atomic E-state index is 14.0. The zero-order valence-electron chi connectivity index (χ0n) is 33.9. The first-order valence-electron chi connectivity index (χ1n) is 21.0. The van der Waals surface area contributed by atoms with Crippen LogP contribution in [0.3, 0.4) is 0 Å². The smallest absolute Gasteiger partial charge is 0.411 e. The van der Waals surface area contributed by atoms with Crippen molar-refractivity contribution >= 4 is 29.7 Å². The molecular formula is C45H63N4O7+. The van der Waals surface area contributed by atoms with Gasteiger partial charge >= 0.3 is 24.0 Å². The maximum Gasteiger partial charge on any atom is 0.411 e. The minimum atomic E-state index is -0.440. The zero-order valence-corrected chi connectivity index (χ0v) is 33.9. The van der Waals surface area contributed by atoms with Gasteiger partial charge in [-0.05, 0) is 116 Å². The van der Waals surface area contributed by atoms with Gasteiger partial charge in [0.15, 0.2) is 0 Å². The molecule has 2 aromatic rings. The van der Waals surface area contributed by atoms with Gasteiger partial charge in [0.25, 0.3) is 0 Å². The first kappa shape index (κ1) is 39.9. The van der Waals surface area contributed by atoms with E-state index in [1.807, 2.05) is 54.6 Å². The lowest BCUT2D eigenvalue weighted by Gasteiger charge is -2.64. The third-order valence-electron chi connectivity index (χ3n) is 14.9. The van der Waals surface area contributed by atoms with Crippen molar-refractivity contribution in [1.29, 1.82) is 0 Å². The number of carbonyl (C=O) groups excluding carboxylic acids is 3. The van der Waals surface area contributed by atoms with Gasteiger partial charge in [-0.1, -0.05) is 51.1 Å². The lowest BCUT2D eigenvalue weighted by Crippen LogP contribution is -2.83. The number of amides is 1. The first-order chi connectivity index (χ1) is 27.0. The van der Waals surface area contributed by atoms with Gasteiger partial charge in [-0.3, -0.25) is 30.5 Å². The number of benzene rings is 2. The Morgan fingerprint density at radius 1 is 0.929 bits per heavy atom. The van der Waals surface area contributed by atoms with Gasteiger partial charge in [0.05, 0.1) is 39.8 Å². The van der Waals surface area contributed by atoms with Crippen LogP contribution in [0.2, 0.25) is 0 Å². The predicted octanol–water partition coefficient (Wildman–Crippen LogP) is 5.62. The Kier molecular flexibility index (Phi) is 12.2. The standard InChI is InChI=1S/C45H62N4O7/c1-28(12-19-39(50)54-5)34-17-18-35-41-36(27-38(45(34,35)3)56-43(52)49-31-10-7-6-8-11-31)44(2)21-20-32(48-42-46-22-9-23-47-42)25-30(44)26-37(41)55-40(51)24-29-13-15-33(53-4)16-14-29/h6-8,10-11,13-16,28,30,32,34-38,41H,9,12,17-27H2,1-5H3,(H,49,52)(H2,46,47,48)/p+1/t28-,30+,32-,34-,35+,36+,37-,38+,41+,44+,45-/m1/s1. The van der Waals surface area contributed by atoms with Gasteiger partial charge in [-0.15, -0.1) is 0 Å². The van der Waals surface area contributed by atoms with Crippen LogP contribution in [-0.4, -0.2) is 69.6 Å². The zero-order chi connectivity index (χ0) is 39.5. The van der Waals surface area contributed by atoms with Gasteiger partial charge in [0, 0.05) is 29.9 Å². The SMILES string of the molecule is COC(=O)CC[C@@H](C)[C@H]1CC[C@H]2[C@@H]3[C@H](OC(=O)Cc4ccc(OC)cc4)C[C@@H]4C[C@H](NC5=[NH+]CCCN5)CC[C@]4(C)[C@H]3C[C@H](OC(=O)Nc3ccccc3)[C@]12C. The Hall–Kier alpha value is -4.28. The second-order valence-electron chi connectivity index (χ2n) is 17.7. The Balaban J connectivity index is 1.21. The molecule has 0 bridgehead atoms. The van der Waals surface area contributed by atoms with Crippen molar-refractivity contribution in [2.24, 2.45) is 46.3 Å². The van der Waals surface area contributed by atoms with E-state index in [0.29, 0.717) is 36.9 Å². The van der Waals surface area contributed by atoms with E-state index < -0.39 is 6.09 Å². The quantitative estimate of drug-likeness (QED) is 0.170. The van der Waals surface area contributed by atoms with Crippen LogP contribution in [0.4, 0.5) is 10.5 Å². The van der Waals surface area contributed by atoms with E-state index >= 15 is 0 Å². The summed E-state index contributed by atoms with van der Waals surface area (Å²) in [6, 6.07) is 17.4. The summed E-state index contributed by atoms with van der Waals surface area (Å²) in [4.78, 5) is 43.6. The average Bonchev–Trinajstić information content (AvgIpc) is 3.56. The minimum Gasteiger partial charge on any atom is -0.497 e. The summed E-state index contributed by atoms with van der Waals surface area (Å²) >= 11 is 0. The number of methoxy groups -OCH3 is 2. The Bertz CT molecular complexity index is 1720. The lowest BCUT2D eigenvalue weighted by atomic mass is 9.43. The third kappa shape index (κ3) is 8.23. The molecule has 1 heterocycles. The topological polar surface area (TPSA) is 138 Å². The van der Waals surface area contributed by atoms with E-state index in [0.717, 1.165) is 75.3 Å². The number of hydrogen-bond donors (Lipinski definition) is 4. The predicted molar refractivity (Wildman–Crippen MR) is 214 cm³/mol. The molecule has 4 aliphatic carbocycles. The molecule has 0 radical (unpaired) electrons. The number of anilines is 1. The van der Waals surface area contributed by atoms with E-state index in [1.54, 1.807) is 7.11 Å². The Morgan fingerprint density at radius 2 is 1.71 bits per heavy atom. The van der Waals surface area contributed by atoms with Crippen molar-refractivity contribution in [3.63, 3.8) is 0 Å². The number of hydrogen-bond acceptors (Lipinski definition) is 9. The molecule has 0 aromatic heterocycles. The Labute approximate surface area is 332 Å². The number of carbonyl (C=O) groups is 3. The van der Waals surface area contributed by atoms with Crippen LogP contribution in [0.15, 0.2) is 54.6 Å². The number of guanidine groups is 1. The van der Waals surface area contributed by atoms with Gasteiger partial charge in [0.1, 0.15) is 18.0 Å². The molecule has 7 rings (SSSR count). The number of nitrogens with one attached hydrogen (secondary N) is 4. The largest absolute Gasteiger partial charge is 0.497 e. The summed E-state index contributed by atoms with van der Waals surface area (Å²) in [6.07, 6.45) is 7.81. The van der Waals surface area contributed by atoms with Gasteiger partial charge < -0.3 is 18.9 Å². The molecule has 11 atom stereocenters. The number of esters is 2.